The van der Waals surface area contributed by atoms with Crippen LogP contribution in [-0.4, -0.2) is 24.9 Å². The maximum atomic E-state index is 8.69. The molecule has 0 saturated carbocycles. The number of ether oxygens (including phenoxy) is 1. The molecule has 0 aromatic rings. The summed E-state index contributed by atoms with van der Waals surface area (Å²) in [6.07, 6.45) is 1.76. The van der Waals surface area contributed by atoms with Gasteiger partial charge in [0.05, 0.1) is 25.2 Å². The Morgan fingerprint density at radius 3 is 2.38 bits per heavy atom. The minimum absolute atomic E-state index is 0.0972. The van der Waals surface area contributed by atoms with E-state index in [0.717, 1.165) is 0 Å². The normalized spacial score (nSPS) is 24.1. The van der Waals surface area contributed by atoms with E-state index in [-0.39, 0.29) is 12.0 Å². The molecule has 0 spiro atoms. The van der Waals surface area contributed by atoms with Crippen LogP contribution in [0.15, 0.2) is 12.7 Å². The van der Waals surface area contributed by atoms with Gasteiger partial charge in [0.2, 0.25) is 0 Å². The molecule has 1 N–H and O–H groups in total. The molecule has 1 heterocycles. The minimum atomic E-state index is -0.0972. The van der Waals surface area contributed by atoms with Crippen LogP contribution in [0.4, 0.5) is 0 Å². The maximum absolute atomic E-state index is 8.69. The Morgan fingerprint density at radius 1 is 1.75 bits per heavy atom. The minimum Gasteiger partial charge on any atom is -0.395 e. The second-order valence-electron chi connectivity index (χ2n) is 2.22. The summed E-state index contributed by atoms with van der Waals surface area (Å²) in [5.41, 5.74) is -0.0972. The van der Waals surface area contributed by atoms with Gasteiger partial charge in [-0.15, -0.1) is 6.58 Å². The predicted molar refractivity (Wildman–Crippen MR) is 30.5 cm³/mol. The first kappa shape index (κ1) is 5.79. The molecule has 0 atom stereocenters. The van der Waals surface area contributed by atoms with Crippen molar-refractivity contribution in [2.24, 2.45) is 5.41 Å². The van der Waals surface area contributed by atoms with Crippen LogP contribution in [0.2, 0.25) is 0 Å². The van der Waals surface area contributed by atoms with Crippen molar-refractivity contribution in [1.29, 1.82) is 0 Å². The third kappa shape index (κ3) is 0.659. The average molecular weight is 114 g/mol. The van der Waals surface area contributed by atoms with Crippen molar-refractivity contribution in [3.05, 3.63) is 12.7 Å². The highest BCUT2D eigenvalue weighted by molar-refractivity contribution is 4.99. The Kier molecular flexibility index (Phi) is 1.36. The number of hydrogen-bond donors (Lipinski definition) is 1. The molecule has 1 aliphatic rings. The first-order valence-corrected chi connectivity index (χ1v) is 2.65. The van der Waals surface area contributed by atoms with Gasteiger partial charge in [-0.3, -0.25) is 0 Å². The summed E-state index contributed by atoms with van der Waals surface area (Å²) in [5, 5.41) is 8.69. The molecular formula is C6H10O2. The summed E-state index contributed by atoms with van der Waals surface area (Å²) in [4.78, 5) is 0. The fraction of sp³-hybridized carbons (Fsp3) is 0.667. The molecule has 0 amide bonds. The molecule has 8 heavy (non-hydrogen) atoms. The van der Waals surface area contributed by atoms with Crippen molar-refractivity contribution in [2.45, 2.75) is 0 Å². The zero-order valence-corrected chi connectivity index (χ0v) is 4.76. The third-order valence-electron chi connectivity index (χ3n) is 1.53. The lowest BCUT2D eigenvalue weighted by atomic mass is 9.88. The Bertz CT molecular complexity index is 89.2. The Morgan fingerprint density at radius 2 is 2.38 bits per heavy atom. The Hall–Kier alpha value is -0.340. The van der Waals surface area contributed by atoms with E-state index >= 15 is 0 Å². The molecule has 1 saturated heterocycles. The van der Waals surface area contributed by atoms with Crippen LogP contribution in [0.25, 0.3) is 0 Å². The molecule has 0 aromatic carbocycles. The summed E-state index contributed by atoms with van der Waals surface area (Å²) in [7, 11) is 0. The highest BCUT2D eigenvalue weighted by Crippen LogP contribution is 2.27. The van der Waals surface area contributed by atoms with Gasteiger partial charge in [0.1, 0.15) is 0 Å². The lowest BCUT2D eigenvalue weighted by molar-refractivity contribution is -0.106. The van der Waals surface area contributed by atoms with Crippen LogP contribution in [-0.2, 0) is 4.74 Å². The van der Waals surface area contributed by atoms with Gasteiger partial charge in [-0.25, -0.2) is 0 Å². The Balaban J connectivity index is 2.45. The topological polar surface area (TPSA) is 29.5 Å². The molecule has 1 fully saturated rings. The molecule has 0 aromatic heterocycles. The maximum Gasteiger partial charge on any atom is 0.0601 e. The molecule has 2 nitrogen and oxygen atoms in total. The fourth-order valence-corrected chi connectivity index (χ4v) is 0.638. The standard InChI is InChI=1S/C6H10O2/c1-2-6(3-7)4-8-5-6/h2,7H,1,3-5H2. The first-order chi connectivity index (χ1) is 3.83. The smallest absolute Gasteiger partial charge is 0.0601 e. The van der Waals surface area contributed by atoms with Crippen molar-refractivity contribution in [3.63, 3.8) is 0 Å². The van der Waals surface area contributed by atoms with Gasteiger partial charge < -0.3 is 9.84 Å². The number of aliphatic hydroxyl groups excluding tert-OH is 1. The monoisotopic (exact) mass is 114 g/mol. The second-order valence-corrected chi connectivity index (χ2v) is 2.22. The molecule has 46 valence electrons. The van der Waals surface area contributed by atoms with Crippen molar-refractivity contribution < 1.29 is 9.84 Å². The SMILES string of the molecule is C=CC1(CO)COC1. The van der Waals surface area contributed by atoms with Crippen molar-refractivity contribution in [3.8, 4) is 0 Å². The van der Waals surface area contributed by atoms with Crippen LogP contribution in [0, 0.1) is 5.41 Å². The van der Waals surface area contributed by atoms with E-state index in [9.17, 15) is 0 Å². The van der Waals surface area contributed by atoms with Crippen LogP contribution in [0.3, 0.4) is 0 Å². The zero-order valence-electron chi connectivity index (χ0n) is 4.76. The van der Waals surface area contributed by atoms with Crippen LogP contribution in [0.1, 0.15) is 0 Å². The number of aliphatic hydroxyl groups is 1. The van der Waals surface area contributed by atoms with E-state index in [0.29, 0.717) is 13.2 Å². The average Bonchev–Trinajstić information content (AvgIpc) is 1.67. The van der Waals surface area contributed by atoms with Gasteiger partial charge in [0.15, 0.2) is 0 Å². The van der Waals surface area contributed by atoms with Crippen molar-refractivity contribution >= 4 is 0 Å². The van der Waals surface area contributed by atoms with Gasteiger partial charge in [0, 0.05) is 0 Å². The summed E-state index contributed by atoms with van der Waals surface area (Å²) in [6, 6.07) is 0. The van der Waals surface area contributed by atoms with E-state index in [4.69, 9.17) is 9.84 Å². The fourth-order valence-electron chi connectivity index (χ4n) is 0.638. The highest BCUT2D eigenvalue weighted by Gasteiger charge is 2.34. The Labute approximate surface area is 48.8 Å². The van der Waals surface area contributed by atoms with Crippen LogP contribution >= 0.6 is 0 Å². The summed E-state index contributed by atoms with van der Waals surface area (Å²) >= 11 is 0. The molecule has 0 aliphatic carbocycles. The number of rotatable bonds is 2. The molecule has 2 heteroatoms. The quantitative estimate of drug-likeness (QED) is 0.519. The molecular weight excluding hydrogens is 104 g/mol. The van der Waals surface area contributed by atoms with E-state index in [2.05, 4.69) is 6.58 Å². The predicted octanol–water partition coefficient (Wildman–Crippen LogP) is 0.181. The molecule has 0 unspecified atom stereocenters. The second kappa shape index (κ2) is 1.88. The summed E-state index contributed by atoms with van der Waals surface area (Å²) in [6.45, 7) is 5.01. The van der Waals surface area contributed by atoms with Crippen molar-refractivity contribution in [2.75, 3.05) is 19.8 Å². The van der Waals surface area contributed by atoms with E-state index in [1.165, 1.54) is 0 Å². The largest absolute Gasteiger partial charge is 0.395 e. The lowest BCUT2D eigenvalue weighted by Crippen LogP contribution is -2.43. The van der Waals surface area contributed by atoms with E-state index < -0.39 is 0 Å². The lowest BCUT2D eigenvalue weighted by Gasteiger charge is -2.36. The summed E-state index contributed by atoms with van der Waals surface area (Å²) < 4.78 is 4.89. The molecule has 1 rings (SSSR count). The summed E-state index contributed by atoms with van der Waals surface area (Å²) in [5.74, 6) is 0. The van der Waals surface area contributed by atoms with Gasteiger partial charge in [-0.05, 0) is 0 Å². The van der Waals surface area contributed by atoms with E-state index in [1.807, 2.05) is 0 Å². The van der Waals surface area contributed by atoms with E-state index in [1.54, 1.807) is 6.08 Å². The van der Waals surface area contributed by atoms with Gasteiger partial charge in [-0.1, -0.05) is 6.08 Å². The van der Waals surface area contributed by atoms with Gasteiger partial charge >= 0.3 is 0 Å². The molecule has 1 aliphatic heterocycles. The zero-order chi connectivity index (χ0) is 6.04. The molecule has 0 radical (unpaired) electrons. The van der Waals surface area contributed by atoms with Crippen LogP contribution in [0.5, 0.6) is 0 Å². The molecule has 0 bridgehead atoms. The van der Waals surface area contributed by atoms with Crippen molar-refractivity contribution in [1.82, 2.24) is 0 Å². The highest BCUT2D eigenvalue weighted by atomic mass is 16.5. The van der Waals surface area contributed by atoms with Crippen LogP contribution < -0.4 is 0 Å². The van der Waals surface area contributed by atoms with Gasteiger partial charge in [0.25, 0.3) is 0 Å². The number of hydrogen-bond acceptors (Lipinski definition) is 2. The van der Waals surface area contributed by atoms with Gasteiger partial charge in [-0.2, -0.15) is 0 Å². The third-order valence-corrected chi connectivity index (χ3v) is 1.53. The first-order valence-electron chi connectivity index (χ1n) is 2.65.